The van der Waals surface area contributed by atoms with Gasteiger partial charge in [-0.15, -0.1) is 11.3 Å². The van der Waals surface area contributed by atoms with Gasteiger partial charge in [-0.3, -0.25) is 4.79 Å². The highest BCUT2D eigenvalue weighted by Gasteiger charge is 2.23. The van der Waals surface area contributed by atoms with Crippen molar-refractivity contribution in [3.05, 3.63) is 41.4 Å². The first-order chi connectivity index (χ1) is 9.74. The summed E-state index contributed by atoms with van der Waals surface area (Å²) in [6.07, 6.45) is 3.09. The molecule has 0 bridgehead atoms. The fraction of sp³-hybridized carbons (Fsp3) is 0.308. The topological polar surface area (TPSA) is 49.3 Å². The van der Waals surface area contributed by atoms with Crippen LogP contribution in [-0.2, 0) is 0 Å². The summed E-state index contributed by atoms with van der Waals surface area (Å²) < 4.78 is 13.0. The molecule has 0 saturated carbocycles. The lowest BCUT2D eigenvalue weighted by molar-refractivity contribution is 0.0746. The van der Waals surface area contributed by atoms with E-state index < -0.39 is 5.95 Å². The van der Waals surface area contributed by atoms with E-state index in [9.17, 15) is 9.18 Å². The molecule has 20 heavy (non-hydrogen) atoms. The van der Waals surface area contributed by atoms with Gasteiger partial charge in [-0.1, -0.05) is 0 Å². The fourth-order valence-corrected chi connectivity index (χ4v) is 2.89. The van der Waals surface area contributed by atoms with Crippen LogP contribution in [-0.4, -0.2) is 47.0 Å². The summed E-state index contributed by atoms with van der Waals surface area (Å²) >= 11 is 1.59. The molecular weight excluding hydrogens is 279 g/mol. The summed E-state index contributed by atoms with van der Waals surface area (Å²) in [5.74, 6) is -0.776. The van der Waals surface area contributed by atoms with Crippen LogP contribution in [0.2, 0.25) is 0 Å². The molecule has 2 aromatic rings. The normalized spacial score (nSPS) is 15.4. The Morgan fingerprint density at radius 1 is 1.20 bits per heavy atom. The van der Waals surface area contributed by atoms with E-state index in [-0.39, 0.29) is 5.91 Å². The molecule has 104 valence electrons. The number of carbonyl (C=O) groups is 1. The largest absolute Gasteiger partial charge is 0.345 e. The van der Waals surface area contributed by atoms with E-state index in [0.29, 0.717) is 18.7 Å². The van der Waals surface area contributed by atoms with Gasteiger partial charge >= 0.3 is 0 Å². The average molecular weight is 292 g/mol. The molecule has 1 fully saturated rings. The summed E-state index contributed by atoms with van der Waals surface area (Å²) in [5.41, 5.74) is 0.347. The van der Waals surface area contributed by atoms with Crippen molar-refractivity contribution >= 4 is 22.4 Å². The van der Waals surface area contributed by atoms with Crippen LogP contribution >= 0.6 is 11.3 Å². The summed E-state index contributed by atoms with van der Waals surface area (Å²) in [6.45, 7) is 2.71. The van der Waals surface area contributed by atoms with Crippen LogP contribution < -0.4 is 4.90 Å². The van der Waals surface area contributed by atoms with Crippen LogP contribution in [0.1, 0.15) is 10.4 Å². The van der Waals surface area contributed by atoms with E-state index in [4.69, 9.17) is 0 Å². The molecular formula is C13H13FN4OS. The van der Waals surface area contributed by atoms with Crippen molar-refractivity contribution in [2.45, 2.75) is 0 Å². The maximum Gasteiger partial charge on any atom is 0.254 e. The number of hydrogen-bond donors (Lipinski definition) is 0. The molecule has 0 aliphatic carbocycles. The van der Waals surface area contributed by atoms with Gasteiger partial charge in [-0.2, -0.15) is 4.39 Å². The van der Waals surface area contributed by atoms with Gasteiger partial charge in [0.05, 0.1) is 0 Å². The number of nitrogens with zero attached hydrogens (tertiary/aromatic N) is 4. The summed E-state index contributed by atoms with van der Waals surface area (Å²) in [6, 6.07) is 2.72. The Labute approximate surface area is 119 Å². The highest BCUT2D eigenvalue weighted by Crippen LogP contribution is 2.19. The molecule has 1 aliphatic heterocycles. The smallest absolute Gasteiger partial charge is 0.254 e. The van der Waals surface area contributed by atoms with Crippen molar-refractivity contribution in [1.82, 2.24) is 14.9 Å². The van der Waals surface area contributed by atoms with Crippen LogP contribution in [0.15, 0.2) is 29.9 Å². The molecule has 0 spiro atoms. The Morgan fingerprint density at radius 2 is 2.00 bits per heavy atom. The third-order valence-electron chi connectivity index (χ3n) is 3.23. The molecule has 0 atom stereocenters. The van der Waals surface area contributed by atoms with E-state index >= 15 is 0 Å². The monoisotopic (exact) mass is 292 g/mol. The van der Waals surface area contributed by atoms with Crippen molar-refractivity contribution in [3.8, 4) is 0 Å². The van der Waals surface area contributed by atoms with Crippen molar-refractivity contribution in [2.24, 2.45) is 0 Å². The standard InChI is InChI=1S/C13H13FN4OS/c14-11-9-10(1-2-15-11)12(19)17-4-6-18(7-5-17)13-16-3-8-20-13/h1-3,8-9H,4-7H2. The highest BCUT2D eigenvalue weighted by molar-refractivity contribution is 7.13. The number of carbonyl (C=O) groups excluding carboxylic acids is 1. The van der Waals surface area contributed by atoms with Crippen molar-refractivity contribution in [1.29, 1.82) is 0 Å². The van der Waals surface area contributed by atoms with E-state index in [1.54, 1.807) is 28.5 Å². The Morgan fingerprint density at radius 3 is 2.65 bits per heavy atom. The second-order valence-corrected chi connectivity index (χ2v) is 5.33. The van der Waals surface area contributed by atoms with Gasteiger partial charge in [-0.25, -0.2) is 9.97 Å². The van der Waals surface area contributed by atoms with Crippen LogP contribution in [0.5, 0.6) is 0 Å². The number of pyridine rings is 1. The predicted octanol–water partition coefficient (Wildman–Crippen LogP) is 1.64. The molecule has 3 rings (SSSR count). The molecule has 0 radical (unpaired) electrons. The number of thiazole rings is 1. The second kappa shape index (κ2) is 5.54. The molecule has 0 N–H and O–H groups in total. The minimum Gasteiger partial charge on any atom is -0.345 e. The van der Waals surface area contributed by atoms with E-state index in [0.717, 1.165) is 18.2 Å². The molecule has 0 aromatic carbocycles. The lowest BCUT2D eigenvalue weighted by Gasteiger charge is -2.34. The van der Waals surface area contributed by atoms with Crippen LogP contribution in [0, 0.1) is 5.95 Å². The Hall–Kier alpha value is -2.02. The molecule has 1 amide bonds. The predicted molar refractivity (Wildman–Crippen MR) is 74.4 cm³/mol. The van der Waals surface area contributed by atoms with Crippen molar-refractivity contribution in [2.75, 3.05) is 31.1 Å². The summed E-state index contributed by atoms with van der Waals surface area (Å²) in [7, 11) is 0. The lowest BCUT2D eigenvalue weighted by Crippen LogP contribution is -2.48. The van der Waals surface area contributed by atoms with Crippen LogP contribution in [0.3, 0.4) is 0 Å². The van der Waals surface area contributed by atoms with Gasteiger partial charge in [0.15, 0.2) is 5.13 Å². The number of anilines is 1. The van der Waals surface area contributed by atoms with Crippen molar-refractivity contribution < 1.29 is 9.18 Å². The minimum absolute atomic E-state index is 0.148. The summed E-state index contributed by atoms with van der Waals surface area (Å²) in [4.78, 5) is 23.9. The maximum absolute atomic E-state index is 13.0. The zero-order valence-electron chi connectivity index (χ0n) is 10.7. The third kappa shape index (κ3) is 2.62. The van der Waals surface area contributed by atoms with E-state index in [1.807, 2.05) is 5.38 Å². The quantitative estimate of drug-likeness (QED) is 0.790. The number of rotatable bonds is 2. The molecule has 5 nitrogen and oxygen atoms in total. The van der Waals surface area contributed by atoms with Gasteiger partial charge in [0.1, 0.15) is 0 Å². The Bertz CT molecular complexity index is 596. The van der Waals surface area contributed by atoms with Gasteiger partial charge in [0, 0.05) is 55.6 Å². The molecule has 1 aliphatic rings. The Kier molecular flexibility index (Phi) is 3.60. The van der Waals surface area contributed by atoms with Crippen LogP contribution in [0.25, 0.3) is 0 Å². The second-order valence-electron chi connectivity index (χ2n) is 4.46. The first-order valence-corrected chi connectivity index (χ1v) is 7.17. The molecule has 0 unspecified atom stereocenters. The average Bonchev–Trinajstić information content (AvgIpc) is 3.01. The summed E-state index contributed by atoms with van der Waals surface area (Å²) in [5, 5.41) is 2.92. The minimum atomic E-state index is -0.628. The number of hydrogen-bond acceptors (Lipinski definition) is 5. The number of piperazine rings is 1. The zero-order chi connectivity index (χ0) is 13.9. The fourth-order valence-electron chi connectivity index (χ4n) is 2.19. The van der Waals surface area contributed by atoms with Crippen LogP contribution in [0.4, 0.5) is 9.52 Å². The van der Waals surface area contributed by atoms with Gasteiger partial charge < -0.3 is 9.80 Å². The van der Waals surface area contributed by atoms with Gasteiger partial charge in [-0.05, 0) is 6.07 Å². The number of aromatic nitrogens is 2. The molecule has 7 heteroatoms. The molecule has 2 aromatic heterocycles. The number of halogens is 1. The maximum atomic E-state index is 13.0. The lowest BCUT2D eigenvalue weighted by atomic mass is 10.2. The zero-order valence-corrected chi connectivity index (χ0v) is 11.5. The third-order valence-corrected chi connectivity index (χ3v) is 4.06. The van der Waals surface area contributed by atoms with Gasteiger partial charge in [0.25, 0.3) is 5.91 Å². The molecule has 3 heterocycles. The first kappa shape index (κ1) is 13.0. The van der Waals surface area contributed by atoms with Gasteiger partial charge in [0.2, 0.25) is 5.95 Å². The Balaban J connectivity index is 1.65. The number of amides is 1. The van der Waals surface area contributed by atoms with E-state index in [2.05, 4.69) is 14.9 Å². The first-order valence-electron chi connectivity index (χ1n) is 6.29. The highest BCUT2D eigenvalue weighted by atomic mass is 32.1. The van der Waals surface area contributed by atoms with E-state index in [1.165, 1.54) is 12.3 Å². The molecule has 1 saturated heterocycles. The van der Waals surface area contributed by atoms with Crippen molar-refractivity contribution in [3.63, 3.8) is 0 Å². The SMILES string of the molecule is O=C(c1ccnc(F)c1)N1CCN(c2nccs2)CC1.